The highest BCUT2D eigenvalue weighted by Crippen LogP contribution is 2.61. The van der Waals surface area contributed by atoms with E-state index in [0.717, 1.165) is 30.4 Å². The Morgan fingerprint density at radius 3 is 2.84 bits per heavy atom. The third kappa shape index (κ3) is 4.27. The Morgan fingerprint density at radius 2 is 2.10 bits per heavy atom. The van der Waals surface area contributed by atoms with Crippen LogP contribution in [-0.4, -0.2) is 23.0 Å². The van der Waals surface area contributed by atoms with Crippen molar-refractivity contribution in [1.29, 1.82) is 0 Å². The topological polar surface area (TPSA) is 66.4 Å². The van der Waals surface area contributed by atoms with Gasteiger partial charge in [-0.2, -0.15) is 0 Å². The molecule has 1 aromatic carbocycles. The largest absolute Gasteiger partial charge is 0.481 e. The van der Waals surface area contributed by atoms with Gasteiger partial charge in [0.15, 0.2) is 0 Å². The van der Waals surface area contributed by atoms with Gasteiger partial charge in [-0.15, -0.1) is 11.3 Å². The van der Waals surface area contributed by atoms with Gasteiger partial charge in [-0.25, -0.2) is 4.39 Å². The van der Waals surface area contributed by atoms with Crippen molar-refractivity contribution in [2.45, 2.75) is 58.4 Å². The molecule has 2 aromatic rings. The quantitative estimate of drug-likeness (QED) is 0.387. The highest BCUT2D eigenvalue weighted by Gasteiger charge is 2.57. The summed E-state index contributed by atoms with van der Waals surface area (Å²) in [6.45, 7) is 4.59. The van der Waals surface area contributed by atoms with Crippen LogP contribution < -0.4 is 5.32 Å². The van der Waals surface area contributed by atoms with E-state index in [4.69, 9.17) is 5.11 Å². The number of hydrogen-bond donors (Lipinski definition) is 2. The fourth-order valence-electron chi connectivity index (χ4n) is 5.57. The van der Waals surface area contributed by atoms with Crippen molar-refractivity contribution in [2.75, 3.05) is 0 Å². The summed E-state index contributed by atoms with van der Waals surface area (Å²) < 4.78 is 15.2. The Balaban J connectivity index is 1.47. The van der Waals surface area contributed by atoms with Gasteiger partial charge in [0.1, 0.15) is 5.82 Å². The van der Waals surface area contributed by atoms with Gasteiger partial charge in [0, 0.05) is 27.9 Å². The van der Waals surface area contributed by atoms with E-state index in [-0.39, 0.29) is 29.6 Å². The summed E-state index contributed by atoms with van der Waals surface area (Å²) in [5.41, 5.74) is 0.641. The molecule has 3 saturated carbocycles. The van der Waals surface area contributed by atoms with E-state index in [0.29, 0.717) is 35.1 Å². The zero-order chi connectivity index (χ0) is 22.2. The molecule has 2 N–H and O–H groups in total. The van der Waals surface area contributed by atoms with Crippen LogP contribution in [0.2, 0.25) is 0 Å². The number of amides is 1. The van der Waals surface area contributed by atoms with E-state index < -0.39 is 5.97 Å². The van der Waals surface area contributed by atoms with E-state index in [1.165, 1.54) is 17.4 Å². The first-order valence-electron chi connectivity index (χ1n) is 11.1. The number of halogens is 1. The smallest absolute Gasteiger partial charge is 0.303 e. The highest BCUT2D eigenvalue weighted by atomic mass is 32.1. The number of fused-ring (bicyclic) bond motifs is 3. The number of carboxylic acid groups (broad SMARTS) is 1. The van der Waals surface area contributed by atoms with Gasteiger partial charge in [-0.1, -0.05) is 32.1 Å². The van der Waals surface area contributed by atoms with Gasteiger partial charge in [-0.05, 0) is 67.4 Å². The van der Waals surface area contributed by atoms with E-state index in [1.807, 2.05) is 6.07 Å². The molecule has 4 nitrogen and oxygen atoms in total. The number of hydrogen-bond acceptors (Lipinski definition) is 3. The van der Waals surface area contributed by atoms with Gasteiger partial charge in [0.05, 0.1) is 5.56 Å². The normalized spacial score (nSPS) is 26.7. The molecule has 3 fully saturated rings. The average molecular weight is 444 g/mol. The summed E-state index contributed by atoms with van der Waals surface area (Å²) in [7, 11) is 0. The fraction of sp³-hybridized carbons (Fsp3) is 0.520. The Labute approximate surface area is 186 Å². The van der Waals surface area contributed by atoms with Crippen molar-refractivity contribution in [3.63, 3.8) is 0 Å². The third-order valence-electron chi connectivity index (χ3n) is 7.53. The Kier molecular flexibility index (Phi) is 6.20. The SMILES string of the molecule is CC1(C)C2CC(C/C=C/CCCC(=O)O)C(NC(=O)c3csc4cccc(F)c34)C1C2. The zero-order valence-corrected chi connectivity index (χ0v) is 18.9. The number of allylic oxidation sites excluding steroid dienone is 2. The lowest BCUT2D eigenvalue weighted by molar-refractivity contribution is -0.137. The van der Waals surface area contributed by atoms with Crippen LogP contribution in [0.4, 0.5) is 4.39 Å². The molecule has 3 aliphatic rings. The lowest BCUT2D eigenvalue weighted by atomic mass is 9.44. The molecule has 0 aliphatic heterocycles. The first-order chi connectivity index (χ1) is 14.8. The van der Waals surface area contributed by atoms with Crippen LogP contribution in [0.3, 0.4) is 0 Å². The minimum absolute atomic E-state index is 0.0675. The van der Waals surface area contributed by atoms with Crippen LogP contribution in [-0.2, 0) is 4.79 Å². The minimum atomic E-state index is -0.761. The van der Waals surface area contributed by atoms with Crippen molar-refractivity contribution < 1.29 is 19.1 Å². The molecule has 1 amide bonds. The number of carboxylic acids is 1. The maximum absolute atomic E-state index is 14.4. The second-order valence-electron chi connectivity index (χ2n) is 9.61. The van der Waals surface area contributed by atoms with Crippen LogP contribution in [0.25, 0.3) is 10.1 Å². The highest BCUT2D eigenvalue weighted by molar-refractivity contribution is 7.17. The molecule has 4 unspecified atom stereocenters. The Hall–Kier alpha value is -2.21. The lowest BCUT2D eigenvalue weighted by Gasteiger charge is -2.62. The number of aliphatic carboxylic acids is 1. The predicted octanol–water partition coefficient (Wildman–Crippen LogP) is 6.02. The molecule has 2 bridgehead atoms. The van der Waals surface area contributed by atoms with Crippen LogP contribution in [0.1, 0.15) is 62.7 Å². The van der Waals surface area contributed by atoms with Gasteiger partial charge in [0.25, 0.3) is 5.91 Å². The number of unbranched alkanes of at least 4 members (excludes halogenated alkanes) is 1. The molecule has 3 aliphatic carbocycles. The first-order valence-corrected chi connectivity index (χ1v) is 12.0. The van der Waals surface area contributed by atoms with E-state index in [1.54, 1.807) is 11.4 Å². The Morgan fingerprint density at radius 1 is 1.29 bits per heavy atom. The van der Waals surface area contributed by atoms with Crippen molar-refractivity contribution in [3.05, 3.63) is 47.1 Å². The third-order valence-corrected chi connectivity index (χ3v) is 8.48. The van der Waals surface area contributed by atoms with Crippen LogP contribution >= 0.6 is 11.3 Å². The number of nitrogens with one attached hydrogen (secondary N) is 1. The number of benzene rings is 1. The van der Waals surface area contributed by atoms with Crippen molar-refractivity contribution in [2.24, 2.45) is 23.2 Å². The van der Waals surface area contributed by atoms with Gasteiger partial charge in [-0.3, -0.25) is 9.59 Å². The number of rotatable bonds is 8. The Bertz CT molecular complexity index is 1010. The summed E-state index contributed by atoms with van der Waals surface area (Å²) in [4.78, 5) is 23.8. The standard InChI is InChI=1S/C25H30FNO3S/c1-25(2)16-12-15(8-5-3-4-6-11-21(28)29)23(18(25)13-16)27-24(30)17-14-31-20-10-7-9-19(26)22(17)20/h3,5,7,9-10,14-16,18,23H,4,6,8,11-13H2,1-2H3,(H,27,30)(H,28,29)/b5-3+. The number of carbonyl (C=O) groups is 2. The molecule has 166 valence electrons. The van der Waals surface area contributed by atoms with Crippen LogP contribution in [0, 0.1) is 29.0 Å². The zero-order valence-electron chi connectivity index (χ0n) is 18.1. The van der Waals surface area contributed by atoms with Crippen LogP contribution in [0.5, 0.6) is 0 Å². The molecule has 4 atom stereocenters. The predicted molar refractivity (Wildman–Crippen MR) is 122 cm³/mol. The molecule has 0 spiro atoms. The van der Waals surface area contributed by atoms with Crippen molar-refractivity contribution in [1.82, 2.24) is 5.32 Å². The molecular weight excluding hydrogens is 413 g/mol. The molecule has 1 aromatic heterocycles. The molecule has 1 heterocycles. The average Bonchev–Trinajstić information content (AvgIpc) is 3.16. The second kappa shape index (κ2) is 8.73. The molecule has 0 radical (unpaired) electrons. The van der Waals surface area contributed by atoms with Crippen LogP contribution in [0.15, 0.2) is 35.7 Å². The lowest BCUT2D eigenvalue weighted by Crippen LogP contribution is -2.63. The van der Waals surface area contributed by atoms with Gasteiger partial charge in [0.2, 0.25) is 0 Å². The minimum Gasteiger partial charge on any atom is -0.481 e. The van der Waals surface area contributed by atoms with Gasteiger partial charge >= 0.3 is 5.97 Å². The number of thiophene rings is 1. The van der Waals surface area contributed by atoms with E-state index in [9.17, 15) is 14.0 Å². The molecule has 6 heteroatoms. The molecular formula is C25H30FNO3S. The summed E-state index contributed by atoms with van der Waals surface area (Å²) in [6, 6.07) is 4.99. The molecule has 5 rings (SSSR count). The van der Waals surface area contributed by atoms with E-state index >= 15 is 0 Å². The number of carbonyl (C=O) groups excluding carboxylic acids is 1. The molecule has 31 heavy (non-hydrogen) atoms. The second-order valence-corrected chi connectivity index (χ2v) is 10.5. The fourth-order valence-corrected chi connectivity index (χ4v) is 6.52. The monoisotopic (exact) mass is 443 g/mol. The summed E-state index contributed by atoms with van der Waals surface area (Å²) in [5.74, 6) is 0.163. The van der Waals surface area contributed by atoms with Gasteiger partial charge < -0.3 is 10.4 Å². The van der Waals surface area contributed by atoms with Crippen molar-refractivity contribution in [3.8, 4) is 0 Å². The summed E-state index contributed by atoms with van der Waals surface area (Å²) in [6.07, 6.45) is 8.89. The summed E-state index contributed by atoms with van der Waals surface area (Å²) in [5, 5.41) is 14.2. The summed E-state index contributed by atoms with van der Waals surface area (Å²) >= 11 is 1.40. The molecule has 0 saturated heterocycles. The first kappa shape index (κ1) is 22.0. The maximum Gasteiger partial charge on any atom is 0.303 e. The van der Waals surface area contributed by atoms with Crippen molar-refractivity contribution >= 4 is 33.3 Å². The van der Waals surface area contributed by atoms with E-state index in [2.05, 4.69) is 31.3 Å². The maximum atomic E-state index is 14.4.